The molecule has 10 aromatic rings. The van der Waals surface area contributed by atoms with Crippen LogP contribution in [0.4, 0.5) is 0 Å². The number of hydrogen-bond acceptors (Lipinski definition) is 3. The first kappa shape index (κ1) is 30.7. The summed E-state index contributed by atoms with van der Waals surface area (Å²) in [6.45, 7) is 0. The predicted molar refractivity (Wildman–Crippen MR) is 219 cm³/mol. The zero-order chi connectivity index (χ0) is 35.1. The summed E-state index contributed by atoms with van der Waals surface area (Å²) in [6, 6.07) is 68.2. The Hall–Kier alpha value is -7.10. The van der Waals surface area contributed by atoms with Crippen molar-refractivity contribution < 1.29 is 4.42 Å². The van der Waals surface area contributed by atoms with Crippen LogP contribution in [-0.2, 0) is 0 Å². The van der Waals surface area contributed by atoms with Gasteiger partial charge in [0.15, 0.2) is 5.82 Å². The summed E-state index contributed by atoms with van der Waals surface area (Å²) in [5.41, 5.74) is 13.4. The number of furan rings is 1. The minimum Gasteiger partial charge on any atom is -0.437 e. The van der Waals surface area contributed by atoms with Crippen LogP contribution >= 0.6 is 0 Å². The summed E-state index contributed by atoms with van der Waals surface area (Å²) in [7, 11) is 0. The molecule has 0 N–H and O–H groups in total. The Balaban J connectivity index is 1.14. The Labute approximate surface area is 307 Å². The third kappa shape index (κ3) is 5.65. The fraction of sp³-hybridized carbons (Fsp3) is 0. The molecule has 53 heavy (non-hydrogen) atoms. The van der Waals surface area contributed by atoms with Gasteiger partial charge in [0, 0.05) is 21.9 Å². The van der Waals surface area contributed by atoms with E-state index in [1.54, 1.807) is 0 Å². The molecule has 0 atom stereocenters. The monoisotopic (exact) mass is 676 g/mol. The van der Waals surface area contributed by atoms with Crippen LogP contribution in [0.15, 0.2) is 199 Å². The molecule has 3 nitrogen and oxygen atoms in total. The summed E-state index contributed by atoms with van der Waals surface area (Å²) < 4.78 is 6.70. The molecule has 0 aliphatic carbocycles. The first-order valence-electron chi connectivity index (χ1n) is 17.9. The number of fused-ring (bicyclic) bond motifs is 5. The average molecular weight is 677 g/mol. The van der Waals surface area contributed by atoms with Crippen LogP contribution in [0.1, 0.15) is 0 Å². The van der Waals surface area contributed by atoms with E-state index >= 15 is 0 Å². The van der Waals surface area contributed by atoms with Crippen molar-refractivity contribution in [3.05, 3.63) is 194 Å². The fourth-order valence-corrected chi connectivity index (χ4v) is 7.44. The first-order valence-corrected chi connectivity index (χ1v) is 17.9. The van der Waals surface area contributed by atoms with Gasteiger partial charge < -0.3 is 4.42 Å². The zero-order valence-electron chi connectivity index (χ0n) is 28.8. The first-order chi connectivity index (χ1) is 26.2. The van der Waals surface area contributed by atoms with Crippen molar-refractivity contribution in [1.82, 2.24) is 9.97 Å². The Morgan fingerprint density at radius 2 is 0.774 bits per heavy atom. The quantitative estimate of drug-likeness (QED) is 0.176. The van der Waals surface area contributed by atoms with E-state index in [9.17, 15) is 0 Å². The number of rotatable bonds is 6. The van der Waals surface area contributed by atoms with Crippen LogP contribution in [-0.4, -0.2) is 9.97 Å². The Kier molecular flexibility index (Phi) is 7.47. The molecule has 2 heterocycles. The highest BCUT2D eigenvalue weighted by molar-refractivity contribution is 6.18. The lowest BCUT2D eigenvalue weighted by molar-refractivity contribution is 0.657. The van der Waals surface area contributed by atoms with E-state index in [2.05, 4.69) is 188 Å². The minimum atomic E-state index is 0.573. The molecule has 0 fully saturated rings. The molecule has 248 valence electrons. The van der Waals surface area contributed by atoms with E-state index in [0.29, 0.717) is 11.5 Å². The van der Waals surface area contributed by atoms with Gasteiger partial charge in [-0.25, -0.2) is 4.98 Å². The highest BCUT2D eigenvalue weighted by atomic mass is 16.3. The van der Waals surface area contributed by atoms with Gasteiger partial charge in [-0.1, -0.05) is 164 Å². The number of aromatic nitrogens is 2. The molecule has 10 rings (SSSR count). The number of hydrogen-bond donors (Lipinski definition) is 0. The second kappa shape index (κ2) is 12.9. The van der Waals surface area contributed by atoms with Crippen molar-refractivity contribution in [3.8, 4) is 67.2 Å². The Bertz CT molecular complexity index is 2950. The van der Waals surface area contributed by atoms with E-state index in [-0.39, 0.29) is 0 Å². The molecule has 0 saturated heterocycles. The predicted octanol–water partition coefficient (Wildman–Crippen LogP) is 13.5. The molecule has 0 unspecified atom stereocenters. The molecule has 8 aromatic carbocycles. The number of nitrogens with zero attached hydrogens (tertiary/aromatic N) is 2. The van der Waals surface area contributed by atoms with Gasteiger partial charge in [0.1, 0.15) is 5.58 Å². The lowest BCUT2D eigenvalue weighted by Gasteiger charge is -2.11. The summed E-state index contributed by atoms with van der Waals surface area (Å²) in [5, 5.41) is 4.10. The van der Waals surface area contributed by atoms with Crippen LogP contribution in [0.25, 0.3) is 100.0 Å². The summed E-state index contributed by atoms with van der Waals surface area (Å²) >= 11 is 0. The van der Waals surface area contributed by atoms with Gasteiger partial charge >= 0.3 is 0 Å². The van der Waals surface area contributed by atoms with Gasteiger partial charge in [-0.15, -0.1) is 0 Å². The maximum absolute atomic E-state index is 6.70. The van der Waals surface area contributed by atoms with Crippen molar-refractivity contribution in [2.75, 3.05) is 0 Å². The van der Waals surface area contributed by atoms with Gasteiger partial charge in [0.05, 0.1) is 11.1 Å². The van der Waals surface area contributed by atoms with Crippen molar-refractivity contribution in [1.29, 1.82) is 0 Å². The Morgan fingerprint density at radius 3 is 1.38 bits per heavy atom. The average Bonchev–Trinajstić information content (AvgIpc) is 3.63. The van der Waals surface area contributed by atoms with Crippen LogP contribution in [0.3, 0.4) is 0 Å². The molecular formula is C50H32N2O. The minimum absolute atomic E-state index is 0.573. The molecule has 2 aromatic heterocycles. The van der Waals surface area contributed by atoms with E-state index in [0.717, 1.165) is 66.2 Å². The molecule has 0 amide bonds. The van der Waals surface area contributed by atoms with Crippen LogP contribution in [0.2, 0.25) is 0 Å². The summed E-state index contributed by atoms with van der Waals surface area (Å²) in [4.78, 5) is 10.5. The Morgan fingerprint density at radius 1 is 0.321 bits per heavy atom. The van der Waals surface area contributed by atoms with Crippen LogP contribution < -0.4 is 0 Å². The topological polar surface area (TPSA) is 38.9 Å². The molecule has 0 bridgehead atoms. The molecule has 3 heteroatoms. The SMILES string of the molecule is c1ccc(-c2cccc(-c3cccc(-c4nc(-c5cccc(-c6cccc(-c7ccccc7)c6)c5)c5c(n4)oc4c6ccccc6ccc45)c3)c2)cc1. The standard InChI is InChI=1S/C50H32N2O/c1-3-13-33(14-4-1)36-18-9-20-38(29-36)40-22-11-24-42(31-40)47-46-45-28-27-35-17-7-8-26-44(35)48(45)53-50(46)52-49(51-47)43-25-12-23-41(32-43)39-21-10-19-37(30-39)34-15-5-2-6-16-34/h1-32H. The molecular weight excluding hydrogens is 645 g/mol. The van der Waals surface area contributed by atoms with E-state index < -0.39 is 0 Å². The van der Waals surface area contributed by atoms with E-state index in [1.165, 1.54) is 22.3 Å². The van der Waals surface area contributed by atoms with Crippen molar-refractivity contribution >= 4 is 32.8 Å². The van der Waals surface area contributed by atoms with Crippen molar-refractivity contribution in [2.24, 2.45) is 0 Å². The third-order valence-corrected chi connectivity index (χ3v) is 10.1. The third-order valence-electron chi connectivity index (χ3n) is 10.1. The highest BCUT2D eigenvalue weighted by Crippen LogP contribution is 2.40. The van der Waals surface area contributed by atoms with Gasteiger partial charge in [0.2, 0.25) is 5.71 Å². The maximum atomic E-state index is 6.70. The van der Waals surface area contributed by atoms with Gasteiger partial charge in [-0.2, -0.15) is 4.98 Å². The molecule has 0 spiro atoms. The van der Waals surface area contributed by atoms with E-state index in [1.807, 2.05) is 6.07 Å². The maximum Gasteiger partial charge on any atom is 0.231 e. The van der Waals surface area contributed by atoms with Gasteiger partial charge in [0.25, 0.3) is 0 Å². The lowest BCUT2D eigenvalue weighted by Crippen LogP contribution is -1.94. The summed E-state index contributed by atoms with van der Waals surface area (Å²) in [6.07, 6.45) is 0. The molecule has 0 saturated carbocycles. The highest BCUT2D eigenvalue weighted by Gasteiger charge is 2.20. The second-order valence-electron chi connectivity index (χ2n) is 13.4. The molecule has 0 radical (unpaired) electrons. The smallest absolute Gasteiger partial charge is 0.231 e. The van der Waals surface area contributed by atoms with Crippen molar-refractivity contribution in [3.63, 3.8) is 0 Å². The summed E-state index contributed by atoms with van der Waals surface area (Å²) in [5.74, 6) is 0.619. The van der Waals surface area contributed by atoms with Gasteiger partial charge in [-0.3, -0.25) is 0 Å². The molecule has 0 aliphatic rings. The lowest BCUT2D eigenvalue weighted by atomic mass is 9.96. The second-order valence-corrected chi connectivity index (χ2v) is 13.4. The zero-order valence-corrected chi connectivity index (χ0v) is 28.8. The van der Waals surface area contributed by atoms with Crippen LogP contribution in [0.5, 0.6) is 0 Å². The normalized spacial score (nSPS) is 11.4. The molecule has 0 aliphatic heterocycles. The fourth-order valence-electron chi connectivity index (χ4n) is 7.44. The largest absolute Gasteiger partial charge is 0.437 e. The van der Waals surface area contributed by atoms with E-state index in [4.69, 9.17) is 14.4 Å². The number of benzene rings is 8. The van der Waals surface area contributed by atoms with Crippen molar-refractivity contribution in [2.45, 2.75) is 0 Å². The van der Waals surface area contributed by atoms with Crippen LogP contribution in [0, 0.1) is 0 Å². The van der Waals surface area contributed by atoms with Gasteiger partial charge in [-0.05, 0) is 80.2 Å².